The lowest BCUT2D eigenvalue weighted by atomic mass is 10.2. The van der Waals surface area contributed by atoms with E-state index in [1.54, 1.807) is 0 Å². The molecule has 0 aliphatic carbocycles. The molecule has 0 amide bonds. The third-order valence-corrected chi connectivity index (χ3v) is 2.83. The Morgan fingerprint density at radius 3 is 2.13 bits per heavy atom. The van der Waals surface area contributed by atoms with Crippen LogP contribution in [0.25, 0.3) is 0 Å². The maximum absolute atomic E-state index is 10.8. The number of hydrogen-bond acceptors (Lipinski definition) is 4. The average Bonchev–Trinajstić information content (AvgIpc) is 2.15. The Balaban J connectivity index is 2.99. The van der Waals surface area contributed by atoms with Crippen LogP contribution in [0.1, 0.15) is 11.3 Å². The summed E-state index contributed by atoms with van der Waals surface area (Å²) in [4.78, 5) is 27.2. The molecule has 0 saturated carbocycles. The minimum absolute atomic E-state index is 0.156. The van der Waals surface area contributed by atoms with Gasteiger partial charge in [-0.1, -0.05) is 0 Å². The first-order valence-corrected chi connectivity index (χ1v) is 5.55. The lowest BCUT2D eigenvalue weighted by molar-refractivity contribution is -0.384. The normalized spacial score (nSPS) is 13.5. The Bertz CT molecular complexity index is 412. The molecule has 1 atom stereocenters. The largest absolute Gasteiger partial charge is 0.346 e. The van der Waals surface area contributed by atoms with Gasteiger partial charge in [-0.05, 0) is 17.7 Å². The Morgan fingerprint density at radius 1 is 1.33 bits per heavy atom. The van der Waals surface area contributed by atoms with E-state index in [0.29, 0.717) is 0 Å². The molecular formula is C7H9N2O5P. The zero-order chi connectivity index (χ0) is 11.6. The number of benzene rings is 1. The fraction of sp³-hybridized carbons (Fsp3) is 0.143. The van der Waals surface area contributed by atoms with Crippen LogP contribution in [0.4, 0.5) is 5.69 Å². The SMILES string of the molecule is N[C@@H](c1ccc([N+](=O)[O-])cc1)P(=O)(O)O. The summed E-state index contributed by atoms with van der Waals surface area (Å²) in [7, 11) is -4.41. The van der Waals surface area contributed by atoms with Gasteiger partial charge >= 0.3 is 7.60 Å². The molecule has 0 spiro atoms. The van der Waals surface area contributed by atoms with Crippen molar-refractivity contribution in [3.63, 3.8) is 0 Å². The van der Waals surface area contributed by atoms with Crippen LogP contribution in [0.2, 0.25) is 0 Å². The number of nitrogens with zero attached hydrogens (tertiary/aromatic N) is 1. The van der Waals surface area contributed by atoms with Gasteiger partial charge in [-0.25, -0.2) is 0 Å². The Morgan fingerprint density at radius 2 is 1.80 bits per heavy atom. The number of nitro groups is 1. The first-order valence-electron chi connectivity index (χ1n) is 3.87. The molecule has 0 aromatic heterocycles. The Kier molecular flexibility index (Phi) is 3.21. The van der Waals surface area contributed by atoms with Crippen molar-refractivity contribution in [3.05, 3.63) is 39.9 Å². The van der Waals surface area contributed by atoms with Crippen molar-refractivity contribution in [2.45, 2.75) is 5.78 Å². The molecule has 0 fully saturated rings. The highest BCUT2D eigenvalue weighted by Gasteiger charge is 2.26. The van der Waals surface area contributed by atoms with E-state index < -0.39 is 18.3 Å². The second-order valence-corrected chi connectivity index (χ2v) is 4.62. The quantitative estimate of drug-likeness (QED) is 0.400. The van der Waals surface area contributed by atoms with Gasteiger partial charge < -0.3 is 15.5 Å². The number of hydrogen-bond donors (Lipinski definition) is 3. The van der Waals surface area contributed by atoms with Crippen molar-refractivity contribution in [2.75, 3.05) is 0 Å². The smallest absolute Gasteiger partial charge is 0.323 e. The Hall–Kier alpha value is -1.27. The van der Waals surface area contributed by atoms with E-state index in [9.17, 15) is 14.7 Å². The van der Waals surface area contributed by atoms with Crippen LogP contribution in [0.3, 0.4) is 0 Å². The monoisotopic (exact) mass is 232 g/mol. The van der Waals surface area contributed by atoms with Crippen LogP contribution in [0.5, 0.6) is 0 Å². The van der Waals surface area contributed by atoms with Gasteiger partial charge in [-0.15, -0.1) is 0 Å². The van der Waals surface area contributed by atoms with E-state index in [0.717, 1.165) is 12.1 Å². The van der Waals surface area contributed by atoms with Crippen LogP contribution < -0.4 is 5.73 Å². The number of non-ortho nitro benzene ring substituents is 1. The number of nitrogens with two attached hydrogens (primary N) is 1. The summed E-state index contributed by atoms with van der Waals surface area (Å²) in [5, 5.41) is 10.3. The minimum atomic E-state index is -4.41. The summed E-state index contributed by atoms with van der Waals surface area (Å²) in [6.45, 7) is 0. The fourth-order valence-corrected chi connectivity index (χ4v) is 1.55. The van der Waals surface area contributed by atoms with Crippen molar-refractivity contribution < 1.29 is 19.3 Å². The highest BCUT2D eigenvalue weighted by molar-refractivity contribution is 7.52. The van der Waals surface area contributed by atoms with Crippen molar-refractivity contribution in [1.82, 2.24) is 0 Å². The van der Waals surface area contributed by atoms with Crippen molar-refractivity contribution in [2.24, 2.45) is 5.73 Å². The predicted molar refractivity (Wildman–Crippen MR) is 52.1 cm³/mol. The van der Waals surface area contributed by atoms with Gasteiger partial charge in [0, 0.05) is 12.1 Å². The summed E-state index contributed by atoms with van der Waals surface area (Å²) in [6.07, 6.45) is 0. The van der Waals surface area contributed by atoms with Crippen LogP contribution in [-0.4, -0.2) is 14.7 Å². The van der Waals surface area contributed by atoms with Gasteiger partial charge in [0.1, 0.15) is 5.78 Å². The molecule has 15 heavy (non-hydrogen) atoms. The van der Waals surface area contributed by atoms with E-state index in [1.165, 1.54) is 12.1 Å². The molecule has 0 radical (unpaired) electrons. The zero-order valence-corrected chi connectivity index (χ0v) is 8.37. The lowest BCUT2D eigenvalue weighted by Crippen LogP contribution is -2.10. The average molecular weight is 232 g/mol. The van der Waals surface area contributed by atoms with Gasteiger partial charge in [-0.2, -0.15) is 0 Å². The lowest BCUT2D eigenvalue weighted by Gasteiger charge is -2.12. The predicted octanol–water partition coefficient (Wildman–Crippen LogP) is 0.730. The fourth-order valence-electron chi connectivity index (χ4n) is 0.987. The molecule has 0 aliphatic rings. The Labute approximate surface area is 84.8 Å². The van der Waals surface area contributed by atoms with Crippen molar-refractivity contribution in [3.8, 4) is 0 Å². The molecule has 1 aromatic carbocycles. The highest BCUT2D eigenvalue weighted by atomic mass is 31.2. The summed E-state index contributed by atoms with van der Waals surface area (Å²) < 4.78 is 10.8. The standard InChI is InChI=1S/C7H9N2O5P/c8-7(15(12,13)14)5-1-3-6(4-2-5)9(10)11/h1-4,7H,8H2,(H2,12,13,14)/t7-/m1/s1. The molecule has 0 heterocycles. The molecular weight excluding hydrogens is 223 g/mol. The maximum Gasteiger partial charge on any atom is 0.346 e. The zero-order valence-electron chi connectivity index (χ0n) is 7.48. The van der Waals surface area contributed by atoms with E-state index >= 15 is 0 Å². The second kappa shape index (κ2) is 4.08. The van der Waals surface area contributed by atoms with Crippen molar-refractivity contribution in [1.29, 1.82) is 0 Å². The van der Waals surface area contributed by atoms with Gasteiger partial charge in [0.05, 0.1) is 4.92 Å². The third-order valence-electron chi connectivity index (χ3n) is 1.81. The van der Waals surface area contributed by atoms with Crippen LogP contribution in [0.15, 0.2) is 24.3 Å². The van der Waals surface area contributed by atoms with Gasteiger partial charge in [0.25, 0.3) is 5.69 Å². The molecule has 1 rings (SSSR count). The first kappa shape index (κ1) is 11.8. The van der Waals surface area contributed by atoms with Gasteiger partial charge in [0.15, 0.2) is 0 Å². The summed E-state index contributed by atoms with van der Waals surface area (Å²) >= 11 is 0. The van der Waals surface area contributed by atoms with E-state index in [2.05, 4.69) is 0 Å². The van der Waals surface area contributed by atoms with E-state index in [1.807, 2.05) is 0 Å². The molecule has 82 valence electrons. The minimum Gasteiger partial charge on any atom is -0.323 e. The molecule has 0 saturated heterocycles. The molecule has 7 nitrogen and oxygen atoms in total. The third kappa shape index (κ3) is 2.84. The summed E-state index contributed by atoms with van der Waals surface area (Å²) in [5.74, 6) is -1.45. The molecule has 8 heteroatoms. The summed E-state index contributed by atoms with van der Waals surface area (Å²) in [6, 6.07) is 4.74. The molecule has 1 aromatic rings. The van der Waals surface area contributed by atoms with Gasteiger partial charge in [-0.3, -0.25) is 14.7 Å². The second-order valence-electron chi connectivity index (χ2n) is 2.88. The van der Waals surface area contributed by atoms with Crippen molar-refractivity contribution >= 4 is 13.3 Å². The highest BCUT2D eigenvalue weighted by Crippen LogP contribution is 2.48. The first-order chi connectivity index (χ1) is 6.82. The molecule has 4 N–H and O–H groups in total. The van der Waals surface area contributed by atoms with Crippen LogP contribution in [-0.2, 0) is 4.57 Å². The van der Waals surface area contributed by atoms with Crippen LogP contribution in [0, 0.1) is 10.1 Å². The molecule has 0 aliphatic heterocycles. The molecule has 0 bridgehead atoms. The molecule has 0 unspecified atom stereocenters. The number of rotatable bonds is 3. The van der Waals surface area contributed by atoms with E-state index in [4.69, 9.17) is 15.5 Å². The topological polar surface area (TPSA) is 127 Å². The van der Waals surface area contributed by atoms with Gasteiger partial charge in [0.2, 0.25) is 0 Å². The number of nitro benzene ring substituents is 1. The summed E-state index contributed by atoms with van der Waals surface area (Å²) in [5.41, 5.74) is 5.27. The maximum atomic E-state index is 10.8. The van der Waals surface area contributed by atoms with Crippen LogP contribution >= 0.6 is 7.60 Å². The van der Waals surface area contributed by atoms with E-state index in [-0.39, 0.29) is 11.3 Å².